The fourth-order valence-electron chi connectivity index (χ4n) is 5.43. The Morgan fingerprint density at radius 3 is 1.89 bits per heavy atom. The van der Waals surface area contributed by atoms with Crippen LogP contribution in [-0.2, 0) is 32.0 Å². The third-order valence-corrected chi connectivity index (χ3v) is 8.28. The van der Waals surface area contributed by atoms with Gasteiger partial charge >= 0.3 is 12.1 Å². The minimum atomic E-state index is -5.08. The molecule has 3 atom stereocenters. The van der Waals surface area contributed by atoms with Gasteiger partial charge in [0.15, 0.2) is 5.96 Å². The highest BCUT2D eigenvalue weighted by Gasteiger charge is 2.38. The maximum absolute atomic E-state index is 14.2. The Morgan fingerprint density at radius 2 is 1.31 bits per heavy atom. The average molecular weight is 749 g/mol. The number of amides is 3. The van der Waals surface area contributed by atoms with Gasteiger partial charge in [-0.1, -0.05) is 97.1 Å². The molecule has 0 spiro atoms. The van der Waals surface area contributed by atoms with Crippen LogP contribution in [0.25, 0.3) is 10.8 Å². The second kappa shape index (κ2) is 20.0. The Kier molecular flexibility index (Phi) is 15.5. The van der Waals surface area contributed by atoms with E-state index in [1.165, 1.54) is 0 Å². The third kappa shape index (κ3) is 13.6. The molecule has 54 heavy (non-hydrogen) atoms. The first-order chi connectivity index (χ1) is 25.5. The number of hydrogen-bond acceptors (Lipinski definition) is 6. The van der Waals surface area contributed by atoms with Crippen molar-refractivity contribution in [3.05, 3.63) is 119 Å². The van der Waals surface area contributed by atoms with E-state index in [2.05, 4.69) is 16.0 Å². The molecule has 4 aromatic carbocycles. The van der Waals surface area contributed by atoms with Crippen molar-refractivity contribution in [3.8, 4) is 0 Å². The van der Waals surface area contributed by atoms with Crippen LogP contribution in [0.15, 0.2) is 97.1 Å². The number of carboxylic acid groups (broad SMARTS) is 1. The molecule has 0 heterocycles. The summed E-state index contributed by atoms with van der Waals surface area (Å²) in [5.74, 6) is -5.20. The number of carbonyl (C=O) groups is 4. The molecule has 0 radical (unpaired) electrons. The fourth-order valence-corrected chi connectivity index (χ4v) is 5.43. The van der Waals surface area contributed by atoms with E-state index in [0.29, 0.717) is 31.4 Å². The normalized spacial score (nSPS) is 12.6. The molecule has 16 heteroatoms. The van der Waals surface area contributed by atoms with Crippen LogP contribution in [0.4, 0.5) is 13.2 Å². The van der Waals surface area contributed by atoms with Crippen molar-refractivity contribution in [2.75, 3.05) is 6.54 Å². The number of nitrogens with one attached hydrogen (secondary N) is 5. The van der Waals surface area contributed by atoms with Gasteiger partial charge in [0.1, 0.15) is 17.9 Å². The highest BCUT2D eigenvalue weighted by Crippen LogP contribution is 2.26. The van der Waals surface area contributed by atoms with E-state index in [1.54, 1.807) is 12.1 Å². The number of fused-ring (bicyclic) bond motifs is 1. The maximum Gasteiger partial charge on any atom is 0.490 e. The SMILES string of the molecule is N=C(N)NCCCC(NC(=O)[C@H](CCc1ccccc1)NC(=O)[C@@H](Cc1ccc(C(=N)N)cc1)c1ccc2ccccc2c1)C(N)=O.O=C(O)C(F)(F)F. The lowest BCUT2D eigenvalue weighted by molar-refractivity contribution is -0.192. The molecule has 0 aliphatic carbocycles. The summed E-state index contributed by atoms with van der Waals surface area (Å²) in [6.07, 6.45) is -3.28. The van der Waals surface area contributed by atoms with Gasteiger partial charge in [-0.05, 0) is 59.6 Å². The molecule has 0 aliphatic rings. The molecule has 3 amide bonds. The molecule has 4 aromatic rings. The molecule has 0 aliphatic heterocycles. The number of aryl methyl sites for hydroxylation is 1. The Labute approximate surface area is 309 Å². The van der Waals surface area contributed by atoms with Gasteiger partial charge in [-0.3, -0.25) is 25.2 Å². The Morgan fingerprint density at radius 1 is 0.722 bits per heavy atom. The molecule has 12 N–H and O–H groups in total. The smallest absolute Gasteiger partial charge is 0.475 e. The van der Waals surface area contributed by atoms with Gasteiger partial charge in [0, 0.05) is 12.1 Å². The van der Waals surface area contributed by atoms with Crippen LogP contribution >= 0.6 is 0 Å². The van der Waals surface area contributed by atoms with Gasteiger partial charge in [0.2, 0.25) is 17.7 Å². The van der Waals surface area contributed by atoms with Gasteiger partial charge in [0.05, 0.1) is 5.92 Å². The largest absolute Gasteiger partial charge is 0.490 e. The van der Waals surface area contributed by atoms with E-state index >= 15 is 0 Å². The van der Waals surface area contributed by atoms with Gasteiger partial charge in [-0.2, -0.15) is 13.2 Å². The van der Waals surface area contributed by atoms with E-state index in [-0.39, 0.29) is 30.5 Å². The summed E-state index contributed by atoms with van der Waals surface area (Å²) in [5.41, 5.74) is 19.8. The van der Waals surface area contributed by atoms with Gasteiger partial charge in [0.25, 0.3) is 0 Å². The lowest BCUT2D eigenvalue weighted by Crippen LogP contribution is -2.54. The standard InChI is InChI=1S/C36H42N8O3.C2HF3O2/c37-32(38)26-15-12-24(13-16-26)21-29(28-18-17-25-9-4-5-10-27(25)22-28)34(46)44-31(19-14-23-7-2-1-3-8-23)35(47)43-30(33(39)45)11-6-20-42-36(40)41;3-2(4,5)1(6)7/h1-5,7-10,12-13,15-18,22,29-31H,6,11,14,19-21H2,(H3,37,38)(H2,39,45)(H,43,47)(H,44,46)(H4,40,41,42);(H,6,7)/t29-,30?,31-;/m0./s1. The number of halogens is 3. The Hall–Kier alpha value is -6.45. The molecule has 0 aromatic heterocycles. The van der Waals surface area contributed by atoms with Crippen LogP contribution in [0.5, 0.6) is 0 Å². The maximum atomic E-state index is 14.2. The lowest BCUT2D eigenvalue weighted by Gasteiger charge is -2.25. The van der Waals surface area contributed by atoms with Gasteiger partial charge < -0.3 is 38.3 Å². The summed E-state index contributed by atoms with van der Waals surface area (Å²) in [5, 5.41) is 32.6. The molecule has 4 rings (SSSR count). The number of carboxylic acids is 1. The van der Waals surface area contributed by atoms with Crippen LogP contribution in [0.3, 0.4) is 0 Å². The number of carbonyl (C=O) groups excluding carboxylic acids is 3. The summed E-state index contributed by atoms with van der Waals surface area (Å²) in [4.78, 5) is 49.1. The van der Waals surface area contributed by atoms with Crippen molar-refractivity contribution >= 4 is 46.3 Å². The molecule has 0 bridgehead atoms. The number of aliphatic carboxylic acids is 1. The van der Waals surface area contributed by atoms with Crippen molar-refractivity contribution in [1.29, 1.82) is 10.8 Å². The Bertz CT molecular complexity index is 1920. The van der Waals surface area contributed by atoms with Crippen LogP contribution in [0.1, 0.15) is 47.4 Å². The zero-order chi connectivity index (χ0) is 39.8. The zero-order valence-electron chi connectivity index (χ0n) is 29.2. The van der Waals surface area contributed by atoms with E-state index in [0.717, 1.165) is 27.5 Å². The zero-order valence-corrected chi connectivity index (χ0v) is 29.2. The van der Waals surface area contributed by atoms with Crippen LogP contribution in [0.2, 0.25) is 0 Å². The number of amidine groups is 1. The molecule has 0 saturated heterocycles. The third-order valence-electron chi connectivity index (χ3n) is 8.28. The number of nitrogens with two attached hydrogens (primary N) is 3. The first-order valence-electron chi connectivity index (χ1n) is 16.8. The fraction of sp³-hybridized carbons (Fsp3) is 0.263. The molecule has 286 valence electrons. The van der Waals surface area contributed by atoms with Crippen LogP contribution in [-0.4, -0.2) is 65.4 Å². The van der Waals surface area contributed by atoms with Crippen LogP contribution < -0.4 is 33.2 Å². The Balaban J connectivity index is 0.00000102. The first-order valence-corrected chi connectivity index (χ1v) is 16.8. The summed E-state index contributed by atoms with van der Waals surface area (Å²) in [7, 11) is 0. The molecule has 1 unspecified atom stereocenters. The monoisotopic (exact) mass is 748 g/mol. The first kappa shape index (κ1) is 42.0. The highest BCUT2D eigenvalue weighted by molar-refractivity contribution is 5.95. The van der Waals surface area contributed by atoms with Gasteiger partial charge in [-0.25, -0.2) is 4.79 Å². The van der Waals surface area contributed by atoms with Crippen LogP contribution in [0, 0.1) is 10.8 Å². The van der Waals surface area contributed by atoms with Gasteiger partial charge in [-0.15, -0.1) is 0 Å². The number of alkyl halides is 3. The van der Waals surface area contributed by atoms with Crippen molar-refractivity contribution in [2.24, 2.45) is 17.2 Å². The number of nitrogen functional groups attached to an aromatic ring is 1. The molecule has 13 nitrogen and oxygen atoms in total. The lowest BCUT2D eigenvalue weighted by atomic mass is 9.89. The molecular weight excluding hydrogens is 705 g/mol. The molecule has 0 saturated carbocycles. The topological polar surface area (TPSA) is 250 Å². The summed E-state index contributed by atoms with van der Waals surface area (Å²) >= 11 is 0. The van der Waals surface area contributed by atoms with E-state index in [9.17, 15) is 27.6 Å². The predicted molar refractivity (Wildman–Crippen MR) is 199 cm³/mol. The number of guanidine groups is 1. The molecular formula is C38H43F3N8O5. The summed E-state index contributed by atoms with van der Waals surface area (Å²) in [6.45, 7) is 0.337. The predicted octanol–water partition coefficient (Wildman–Crippen LogP) is 3.43. The van der Waals surface area contributed by atoms with E-state index in [4.69, 9.17) is 37.9 Å². The summed E-state index contributed by atoms with van der Waals surface area (Å²) in [6, 6.07) is 28.7. The molecule has 0 fully saturated rings. The number of primary amides is 1. The van der Waals surface area contributed by atoms with E-state index < -0.39 is 42.0 Å². The average Bonchev–Trinajstić information content (AvgIpc) is 3.13. The number of benzene rings is 4. The minimum Gasteiger partial charge on any atom is -0.475 e. The minimum absolute atomic E-state index is 0.0444. The summed E-state index contributed by atoms with van der Waals surface area (Å²) < 4.78 is 31.7. The van der Waals surface area contributed by atoms with Crippen molar-refractivity contribution in [2.45, 2.75) is 56.3 Å². The highest BCUT2D eigenvalue weighted by atomic mass is 19.4. The van der Waals surface area contributed by atoms with Crippen molar-refractivity contribution in [3.63, 3.8) is 0 Å². The van der Waals surface area contributed by atoms with Crippen molar-refractivity contribution < 1.29 is 37.5 Å². The number of rotatable bonds is 16. The number of hydrogen-bond donors (Lipinski definition) is 9. The van der Waals surface area contributed by atoms with Crippen molar-refractivity contribution in [1.82, 2.24) is 16.0 Å². The van der Waals surface area contributed by atoms with E-state index in [1.807, 2.05) is 84.9 Å². The second-order valence-electron chi connectivity index (χ2n) is 12.3. The quantitative estimate of drug-likeness (QED) is 0.0465. The second-order valence-corrected chi connectivity index (χ2v) is 12.3.